The molecule has 0 aliphatic rings. The zero-order valence-corrected chi connectivity index (χ0v) is 11.9. The van der Waals surface area contributed by atoms with Gasteiger partial charge in [0.1, 0.15) is 0 Å². The molecule has 0 amide bonds. The summed E-state index contributed by atoms with van der Waals surface area (Å²) < 4.78 is 43.5. The fourth-order valence-electron chi connectivity index (χ4n) is 1.99. The first-order chi connectivity index (χ1) is 9.86. The summed E-state index contributed by atoms with van der Waals surface area (Å²) in [6.45, 7) is 4.04. The molecule has 0 saturated heterocycles. The average Bonchev–Trinajstić information content (AvgIpc) is 2.45. The van der Waals surface area contributed by atoms with Gasteiger partial charge in [-0.1, -0.05) is 42.0 Å². The Morgan fingerprint density at radius 3 is 2.33 bits per heavy atom. The smallest absolute Gasteiger partial charge is 0.369 e. The van der Waals surface area contributed by atoms with Gasteiger partial charge in [-0.15, -0.1) is 0 Å². The minimum Gasteiger partial charge on any atom is -0.369 e. The molecule has 21 heavy (non-hydrogen) atoms. The number of aryl methyl sites for hydroxylation is 1. The molecule has 0 saturated carbocycles. The van der Waals surface area contributed by atoms with Gasteiger partial charge in [0, 0.05) is 0 Å². The van der Waals surface area contributed by atoms with Crippen LogP contribution < -0.4 is 0 Å². The van der Waals surface area contributed by atoms with Crippen molar-refractivity contribution in [2.45, 2.75) is 32.7 Å². The topological polar surface area (TPSA) is 9.23 Å². The van der Waals surface area contributed by atoms with Crippen LogP contribution in [0, 0.1) is 6.92 Å². The molecule has 0 aliphatic heterocycles. The first-order valence-corrected chi connectivity index (χ1v) is 6.70. The van der Waals surface area contributed by atoms with Crippen LogP contribution >= 0.6 is 0 Å². The minimum atomic E-state index is -4.32. The Bertz CT molecular complexity index is 588. The van der Waals surface area contributed by atoms with Crippen molar-refractivity contribution in [3.63, 3.8) is 0 Å². The summed E-state index contributed by atoms with van der Waals surface area (Å²) in [7, 11) is 0. The lowest BCUT2D eigenvalue weighted by atomic mass is 10.1. The van der Waals surface area contributed by atoms with Crippen LogP contribution in [0.25, 0.3) is 0 Å². The number of halogens is 3. The van der Waals surface area contributed by atoms with Gasteiger partial charge in [0.2, 0.25) is 0 Å². The van der Waals surface area contributed by atoms with E-state index in [1.807, 2.05) is 38.1 Å². The quantitative estimate of drug-likeness (QED) is 0.744. The first kappa shape index (κ1) is 15.6. The van der Waals surface area contributed by atoms with Gasteiger partial charge in [0.25, 0.3) is 0 Å². The van der Waals surface area contributed by atoms with Crippen LogP contribution in [0.4, 0.5) is 13.2 Å². The van der Waals surface area contributed by atoms with Crippen molar-refractivity contribution < 1.29 is 17.9 Å². The standard InChI is InChI=1S/C17H17F3O/c1-12-6-8-15(9-7-12)13(2)21-11-14-4-3-5-16(10-14)17(18,19)20/h3-10,13H,11H2,1-2H3. The Labute approximate surface area is 122 Å². The summed E-state index contributed by atoms with van der Waals surface area (Å²) in [6.07, 6.45) is -4.49. The fourth-order valence-corrected chi connectivity index (χ4v) is 1.99. The first-order valence-electron chi connectivity index (χ1n) is 6.70. The Morgan fingerprint density at radius 1 is 1.05 bits per heavy atom. The van der Waals surface area contributed by atoms with Gasteiger partial charge >= 0.3 is 6.18 Å². The average molecular weight is 294 g/mol. The van der Waals surface area contributed by atoms with Gasteiger partial charge in [-0.3, -0.25) is 0 Å². The SMILES string of the molecule is Cc1ccc(C(C)OCc2cccc(C(F)(F)F)c2)cc1. The van der Waals surface area contributed by atoms with E-state index in [0.717, 1.165) is 23.3 Å². The molecule has 0 aromatic heterocycles. The Balaban J connectivity index is 2.01. The number of hydrogen-bond acceptors (Lipinski definition) is 1. The van der Waals surface area contributed by atoms with Crippen molar-refractivity contribution in [3.8, 4) is 0 Å². The predicted molar refractivity (Wildman–Crippen MR) is 75.8 cm³/mol. The van der Waals surface area contributed by atoms with E-state index in [1.165, 1.54) is 6.07 Å². The highest BCUT2D eigenvalue weighted by Crippen LogP contribution is 2.30. The molecule has 0 fully saturated rings. The highest BCUT2D eigenvalue weighted by atomic mass is 19.4. The number of ether oxygens (including phenoxy) is 1. The monoisotopic (exact) mass is 294 g/mol. The maximum atomic E-state index is 12.6. The van der Waals surface area contributed by atoms with Crippen molar-refractivity contribution in [2.24, 2.45) is 0 Å². The number of hydrogen-bond donors (Lipinski definition) is 0. The van der Waals surface area contributed by atoms with Crippen LogP contribution in [0.2, 0.25) is 0 Å². The van der Waals surface area contributed by atoms with Crippen LogP contribution in [0.3, 0.4) is 0 Å². The molecule has 0 radical (unpaired) electrons. The van der Waals surface area contributed by atoms with Crippen LogP contribution in [-0.4, -0.2) is 0 Å². The van der Waals surface area contributed by atoms with E-state index in [-0.39, 0.29) is 12.7 Å². The van der Waals surface area contributed by atoms with Crippen molar-refractivity contribution in [2.75, 3.05) is 0 Å². The van der Waals surface area contributed by atoms with E-state index in [2.05, 4.69) is 0 Å². The summed E-state index contributed by atoms with van der Waals surface area (Å²) >= 11 is 0. The second-order valence-corrected chi connectivity index (χ2v) is 5.06. The van der Waals surface area contributed by atoms with Crippen molar-refractivity contribution in [3.05, 3.63) is 70.8 Å². The molecule has 0 heterocycles. The number of alkyl halides is 3. The highest BCUT2D eigenvalue weighted by molar-refractivity contribution is 5.26. The van der Waals surface area contributed by atoms with Crippen molar-refractivity contribution >= 4 is 0 Å². The summed E-state index contributed by atoms with van der Waals surface area (Å²) in [5.74, 6) is 0. The van der Waals surface area contributed by atoms with E-state index in [1.54, 1.807) is 6.07 Å². The third-order valence-corrected chi connectivity index (χ3v) is 3.30. The Morgan fingerprint density at radius 2 is 1.71 bits per heavy atom. The fraction of sp³-hybridized carbons (Fsp3) is 0.294. The zero-order chi connectivity index (χ0) is 15.5. The minimum absolute atomic E-state index is 0.152. The van der Waals surface area contributed by atoms with E-state index < -0.39 is 11.7 Å². The summed E-state index contributed by atoms with van der Waals surface area (Å²) in [6, 6.07) is 13.1. The van der Waals surface area contributed by atoms with E-state index in [4.69, 9.17) is 4.74 Å². The molecule has 0 bridgehead atoms. The maximum absolute atomic E-state index is 12.6. The summed E-state index contributed by atoms with van der Waals surface area (Å²) in [5.41, 5.74) is 2.03. The third-order valence-electron chi connectivity index (χ3n) is 3.30. The van der Waals surface area contributed by atoms with E-state index in [0.29, 0.717) is 5.56 Å². The largest absolute Gasteiger partial charge is 0.416 e. The molecular weight excluding hydrogens is 277 g/mol. The molecular formula is C17H17F3O. The van der Waals surface area contributed by atoms with Gasteiger partial charge in [-0.25, -0.2) is 0 Å². The lowest BCUT2D eigenvalue weighted by Gasteiger charge is -2.15. The van der Waals surface area contributed by atoms with E-state index >= 15 is 0 Å². The van der Waals surface area contributed by atoms with Gasteiger partial charge in [-0.05, 0) is 37.1 Å². The molecule has 2 aromatic carbocycles. The molecule has 2 aromatic rings. The zero-order valence-electron chi connectivity index (χ0n) is 11.9. The molecule has 4 heteroatoms. The Kier molecular flexibility index (Phi) is 4.68. The number of rotatable bonds is 4. The molecule has 2 rings (SSSR count). The molecule has 0 aliphatic carbocycles. The second-order valence-electron chi connectivity index (χ2n) is 5.06. The van der Waals surface area contributed by atoms with Gasteiger partial charge < -0.3 is 4.74 Å². The van der Waals surface area contributed by atoms with Gasteiger partial charge in [-0.2, -0.15) is 13.2 Å². The summed E-state index contributed by atoms with van der Waals surface area (Å²) in [4.78, 5) is 0. The Hall–Kier alpha value is -1.81. The molecule has 112 valence electrons. The second kappa shape index (κ2) is 6.31. The molecule has 1 unspecified atom stereocenters. The van der Waals surface area contributed by atoms with Crippen LogP contribution in [0.1, 0.15) is 35.3 Å². The van der Waals surface area contributed by atoms with Crippen LogP contribution in [0.15, 0.2) is 48.5 Å². The highest BCUT2D eigenvalue weighted by Gasteiger charge is 2.30. The lowest BCUT2D eigenvalue weighted by Crippen LogP contribution is -2.06. The van der Waals surface area contributed by atoms with Crippen LogP contribution in [-0.2, 0) is 17.5 Å². The van der Waals surface area contributed by atoms with Gasteiger partial charge in [0.05, 0.1) is 18.3 Å². The van der Waals surface area contributed by atoms with Crippen molar-refractivity contribution in [1.29, 1.82) is 0 Å². The lowest BCUT2D eigenvalue weighted by molar-refractivity contribution is -0.137. The molecule has 0 N–H and O–H groups in total. The van der Waals surface area contributed by atoms with Gasteiger partial charge in [0.15, 0.2) is 0 Å². The predicted octanol–water partition coefficient (Wildman–Crippen LogP) is 5.29. The molecule has 1 atom stereocenters. The third kappa shape index (κ3) is 4.33. The normalized spacial score (nSPS) is 13.2. The summed E-state index contributed by atoms with van der Waals surface area (Å²) in [5, 5.41) is 0. The maximum Gasteiger partial charge on any atom is 0.416 e. The van der Waals surface area contributed by atoms with Crippen molar-refractivity contribution in [1.82, 2.24) is 0 Å². The molecule has 1 nitrogen and oxygen atoms in total. The van der Waals surface area contributed by atoms with Crippen LogP contribution in [0.5, 0.6) is 0 Å². The van der Waals surface area contributed by atoms with E-state index in [9.17, 15) is 13.2 Å². The number of benzene rings is 2. The molecule has 0 spiro atoms.